The van der Waals surface area contributed by atoms with E-state index in [1.54, 1.807) is 6.92 Å². The van der Waals surface area contributed by atoms with Crippen LogP contribution in [0.25, 0.3) is 0 Å². The smallest absolute Gasteiger partial charge is 0.302 e. The van der Waals surface area contributed by atoms with Gasteiger partial charge in [0, 0.05) is 13.3 Å². The molecule has 0 amide bonds. The molecule has 0 aromatic heterocycles. The summed E-state index contributed by atoms with van der Waals surface area (Å²) < 4.78 is 4.70. The Bertz CT molecular complexity index is 124. The van der Waals surface area contributed by atoms with Crippen molar-refractivity contribution < 1.29 is 14.3 Å². The number of hydrogen-bond donors (Lipinski definition) is 0. The van der Waals surface area contributed by atoms with E-state index < -0.39 is 0 Å². The molecule has 0 aromatic rings. The summed E-state index contributed by atoms with van der Waals surface area (Å²) in [5.74, 6) is -0.303. The van der Waals surface area contributed by atoms with Crippen molar-refractivity contribution in [1.82, 2.24) is 0 Å². The lowest BCUT2D eigenvalue weighted by atomic mass is 10.2. The van der Waals surface area contributed by atoms with E-state index in [1.807, 2.05) is 0 Å². The van der Waals surface area contributed by atoms with Gasteiger partial charge in [-0.1, -0.05) is 0 Å². The van der Waals surface area contributed by atoms with Gasteiger partial charge in [0.25, 0.3) is 0 Å². The van der Waals surface area contributed by atoms with Gasteiger partial charge in [-0.3, -0.25) is 9.59 Å². The molecule has 0 spiro atoms. The number of Topliss-reactive ketones (excluding diaryl/α,β-unsaturated/α-hetero) is 1. The van der Waals surface area contributed by atoms with Crippen LogP contribution in [0.5, 0.6) is 0 Å². The quantitative estimate of drug-likeness (QED) is 0.553. The van der Waals surface area contributed by atoms with Crippen LogP contribution in [0.4, 0.5) is 0 Å². The van der Waals surface area contributed by atoms with Crippen molar-refractivity contribution in [3.63, 3.8) is 0 Å². The molecule has 0 bridgehead atoms. The zero-order chi connectivity index (χ0) is 8.15. The summed E-state index contributed by atoms with van der Waals surface area (Å²) in [6.45, 7) is 4.50. The summed E-state index contributed by atoms with van der Waals surface area (Å²) in [4.78, 5) is 20.7. The van der Waals surface area contributed by atoms with Crippen LogP contribution in [0.15, 0.2) is 0 Å². The van der Waals surface area contributed by atoms with Gasteiger partial charge in [0.2, 0.25) is 0 Å². The van der Waals surface area contributed by atoms with E-state index in [2.05, 4.69) is 0 Å². The van der Waals surface area contributed by atoms with Gasteiger partial charge < -0.3 is 4.74 Å². The van der Waals surface area contributed by atoms with Crippen LogP contribution in [0.3, 0.4) is 0 Å². The lowest BCUT2D eigenvalue weighted by Gasteiger charge is -2.08. The lowest BCUT2D eigenvalue weighted by Crippen LogP contribution is -2.15. The molecular weight excluding hydrogens is 132 g/mol. The molecule has 10 heavy (non-hydrogen) atoms. The fourth-order valence-electron chi connectivity index (χ4n) is 0.730. The summed E-state index contributed by atoms with van der Waals surface area (Å²) in [5.41, 5.74) is 0. The average molecular weight is 144 g/mol. The second kappa shape index (κ2) is 4.04. The molecule has 3 nitrogen and oxygen atoms in total. The van der Waals surface area contributed by atoms with Gasteiger partial charge in [-0.25, -0.2) is 0 Å². The Morgan fingerprint density at radius 2 is 1.90 bits per heavy atom. The molecule has 0 saturated heterocycles. The van der Waals surface area contributed by atoms with Crippen LogP contribution in [-0.4, -0.2) is 17.9 Å². The third-order valence-corrected chi connectivity index (χ3v) is 0.942. The molecule has 0 heterocycles. The molecule has 0 N–H and O–H groups in total. The lowest BCUT2D eigenvalue weighted by molar-refractivity contribution is -0.146. The van der Waals surface area contributed by atoms with E-state index in [0.717, 1.165) is 0 Å². The Balaban J connectivity index is 3.53. The summed E-state index contributed by atoms with van der Waals surface area (Å²) >= 11 is 0. The monoisotopic (exact) mass is 144 g/mol. The van der Waals surface area contributed by atoms with Gasteiger partial charge in [-0.05, 0) is 13.8 Å². The van der Waals surface area contributed by atoms with Crippen molar-refractivity contribution in [2.75, 3.05) is 0 Å². The van der Waals surface area contributed by atoms with Crippen molar-refractivity contribution in [3.8, 4) is 0 Å². The predicted octanol–water partition coefficient (Wildman–Crippen LogP) is 0.917. The minimum atomic E-state index is -0.339. The first-order valence-electron chi connectivity index (χ1n) is 3.19. The Morgan fingerprint density at radius 1 is 1.40 bits per heavy atom. The standard InChI is InChI=1S/C7H12O3/c1-5(8)4-6(2)10-7(3)9/h6H,4H2,1-3H3/t6-/m1/s1. The maximum atomic E-state index is 10.4. The molecule has 3 heteroatoms. The van der Waals surface area contributed by atoms with Crippen LogP contribution in [0, 0.1) is 0 Å². The molecule has 1 atom stereocenters. The van der Waals surface area contributed by atoms with Crippen molar-refractivity contribution in [3.05, 3.63) is 0 Å². The van der Waals surface area contributed by atoms with E-state index in [0.29, 0.717) is 6.42 Å². The molecule has 0 aliphatic rings. The molecule has 58 valence electrons. The predicted molar refractivity (Wildman–Crippen MR) is 36.5 cm³/mol. The van der Waals surface area contributed by atoms with Crippen LogP contribution in [-0.2, 0) is 14.3 Å². The van der Waals surface area contributed by atoms with E-state index >= 15 is 0 Å². The third kappa shape index (κ3) is 5.28. The van der Waals surface area contributed by atoms with E-state index in [4.69, 9.17) is 4.74 Å². The van der Waals surface area contributed by atoms with Crippen LogP contribution in [0.1, 0.15) is 27.2 Å². The van der Waals surface area contributed by atoms with Crippen molar-refractivity contribution in [2.45, 2.75) is 33.3 Å². The van der Waals surface area contributed by atoms with Crippen LogP contribution in [0.2, 0.25) is 0 Å². The van der Waals surface area contributed by atoms with Gasteiger partial charge in [0.1, 0.15) is 11.9 Å². The maximum Gasteiger partial charge on any atom is 0.302 e. The second-order valence-corrected chi connectivity index (χ2v) is 2.33. The normalized spacial score (nSPS) is 12.3. The summed E-state index contributed by atoms with van der Waals surface area (Å²) in [6.07, 6.45) is 0.0227. The fourth-order valence-corrected chi connectivity index (χ4v) is 0.730. The molecule has 0 aliphatic heterocycles. The van der Waals surface area contributed by atoms with Crippen LogP contribution >= 0.6 is 0 Å². The molecule has 0 unspecified atom stereocenters. The first-order valence-corrected chi connectivity index (χ1v) is 3.19. The zero-order valence-electron chi connectivity index (χ0n) is 6.51. The van der Waals surface area contributed by atoms with Crippen molar-refractivity contribution >= 4 is 11.8 Å². The molecule has 0 radical (unpaired) electrons. The maximum absolute atomic E-state index is 10.4. The number of esters is 1. The number of carbonyl (C=O) groups is 2. The Hall–Kier alpha value is -0.860. The molecule has 0 rings (SSSR count). The second-order valence-electron chi connectivity index (χ2n) is 2.33. The van der Waals surface area contributed by atoms with Gasteiger partial charge in [-0.2, -0.15) is 0 Å². The topological polar surface area (TPSA) is 43.4 Å². The molecule has 0 saturated carbocycles. The number of hydrogen-bond acceptors (Lipinski definition) is 3. The molecule has 0 aromatic carbocycles. The number of ketones is 1. The van der Waals surface area contributed by atoms with Gasteiger partial charge >= 0.3 is 5.97 Å². The average Bonchev–Trinajstić information content (AvgIpc) is 1.58. The first kappa shape index (κ1) is 9.14. The highest BCUT2D eigenvalue weighted by atomic mass is 16.5. The number of rotatable bonds is 3. The Morgan fingerprint density at radius 3 is 2.20 bits per heavy atom. The fraction of sp³-hybridized carbons (Fsp3) is 0.714. The van der Waals surface area contributed by atoms with Gasteiger partial charge in [0.05, 0.1) is 0 Å². The highest BCUT2D eigenvalue weighted by Crippen LogP contribution is 1.97. The Kier molecular flexibility index (Phi) is 3.69. The summed E-state index contributed by atoms with van der Waals surface area (Å²) in [5, 5.41) is 0. The SMILES string of the molecule is CC(=O)C[C@@H](C)OC(C)=O. The molecule has 0 aliphatic carbocycles. The van der Waals surface area contributed by atoms with Crippen LogP contribution < -0.4 is 0 Å². The minimum Gasteiger partial charge on any atom is -0.462 e. The van der Waals surface area contributed by atoms with E-state index in [-0.39, 0.29) is 17.9 Å². The highest BCUT2D eigenvalue weighted by Gasteiger charge is 2.06. The molecule has 0 fully saturated rings. The molecular formula is C7H12O3. The largest absolute Gasteiger partial charge is 0.462 e. The summed E-state index contributed by atoms with van der Waals surface area (Å²) in [6, 6.07) is 0. The Labute approximate surface area is 60.4 Å². The number of ether oxygens (including phenoxy) is 1. The minimum absolute atomic E-state index is 0.0359. The first-order chi connectivity index (χ1) is 4.52. The summed E-state index contributed by atoms with van der Waals surface area (Å²) in [7, 11) is 0. The zero-order valence-corrected chi connectivity index (χ0v) is 6.51. The van der Waals surface area contributed by atoms with E-state index in [9.17, 15) is 9.59 Å². The van der Waals surface area contributed by atoms with Crippen molar-refractivity contribution in [2.24, 2.45) is 0 Å². The highest BCUT2D eigenvalue weighted by molar-refractivity contribution is 5.76. The third-order valence-electron chi connectivity index (χ3n) is 0.942. The van der Waals surface area contributed by atoms with Gasteiger partial charge in [-0.15, -0.1) is 0 Å². The van der Waals surface area contributed by atoms with Gasteiger partial charge in [0.15, 0.2) is 0 Å². The van der Waals surface area contributed by atoms with Crippen molar-refractivity contribution in [1.29, 1.82) is 0 Å². The number of carbonyl (C=O) groups excluding carboxylic acids is 2. The van der Waals surface area contributed by atoms with E-state index in [1.165, 1.54) is 13.8 Å².